The van der Waals surface area contributed by atoms with Crippen LogP contribution in [-0.2, 0) is 0 Å². The summed E-state index contributed by atoms with van der Waals surface area (Å²) in [6, 6.07) is 9.88. The molecule has 0 fully saturated rings. The summed E-state index contributed by atoms with van der Waals surface area (Å²) >= 11 is 0. The molecule has 1 heterocycles. The highest BCUT2D eigenvalue weighted by atomic mass is 16.3. The van der Waals surface area contributed by atoms with E-state index in [2.05, 4.69) is 10.4 Å². The zero-order valence-electron chi connectivity index (χ0n) is 12.5. The van der Waals surface area contributed by atoms with Crippen molar-refractivity contribution in [2.24, 2.45) is 0 Å². The Morgan fingerprint density at radius 3 is 2.48 bits per heavy atom. The molecule has 5 heteroatoms. The molecular weight excluding hydrogens is 266 g/mol. The third-order valence-electron chi connectivity index (χ3n) is 3.93. The number of nitrogens with one attached hydrogen (secondary N) is 1. The predicted octanol–water partition coefficient (Wildman–Crippen LogP) is 1.66. The first-order valence-electron chi connectivity index (χ1n) is 7.23. The van der Waals surface area contributed by atoms with Crippen LogP contribution in [0, 0.1) is 0 Å². The third-order valence-corrected chi connectivity index (χ3v) is 3.93. The van der Waals surface area contributed by atoms with Crippen molar-refractivity contribution in [3.63, 3.8) is 0 Å². The van der Waals surface area contributed by atoms with E-state index in [1.165, 1.54) is 0 Å². The highest BCUT2D eigenvalue weighted by Crippen LogP contribution is 2.19. The van der Waals surface area contributed by atoms with E-state index in [1.807, 2.05) is 55.1 Å². The van der Waals surface area contributed by atoms with Gasteiger partial charge in [0, 0.05) is 17.8 Å². The van der Waals surface area contributed by atoms with Crippen LogP contribution in [0.4, 0.5) is 0 Å². The van der Waals surface area contributed by atoms with Gasteiger partial charge in [-0.05, 0) is 25.5 Å². The average molecular weight is 289 g/mol. The molecule has 0 saturated carbocycles. The molecule has 1 atom stereocenters. The van der Waals surface area contributed by atoms with Crippen LogP contribution in [0.25, 0.3) is 5.69 Å². The largest absolute Gasteiger partial charge is 0.394 e. The number of para-hydroxylation sites is 1. The van der Waals surface area contributed by atoms with Gasteiger partial charge in [0.25, 0.3) is 0 Å². The number of hydrogen-bond donors (Lipinski definition) is 3. The molecule has 0 aliphatic heterocycles. The Kier molecular flexibility index (Phi) is 5.12. The number of nitrogens with zero attached hydrogens (tertiary/aromatic N) is 2. The number of hydrogen-bond acceptors (Lipinski definition) is 4. The first-order valence-corrected chi connectivity index (χ1v) is 7.23. The molecule has 2 aromatic rings. The van der Waals surface area contributed by atoms with E-state index in [0.717, 1.165) is 11.3 Å². The van der Waals surface area contributed by atoms with Gasteiger partial charge >= 0.3 is 0 Å². The number of aliphatic hydroxyl groups excluding tert-OH is 2. The lowest BCUT2D eigenvalue weighted by molar-refractivity contribution is 0.0793. The summed E-state index contributed by atoms with van der Waals surface area (Å²) in [4.78, 5) is 0. The Hall–Kier alpha value is -1.69. The average Bonchev–Trinajstić information content (AvgIpc) is 3.04. The summed E-state index contributed by atoms with van der Waals surface area (Å²) < 4.78 is 1.82. The molecule has 0 spiro atoms. The topological polar surface area (TPSA) is 70.3 Å². The van der Waals surface area contributed by atoms with Gasteiger partial charge in [0.15, 0.2) is 0 Å². The second-order valence-electron chi connectivity index (χ2n) is 5.37. The second kappa shape index (κ2) is 6.85. The predicted molar refractivity (Wildman–Crippen MR) is 82.3 cm³/mol. The van der Waals surface area contributed by atoms with E-state index in [-0.39, 0.29) is 19.3 Å². The first-order chi connectivity index (χ1) is 10.1. The third kappa shape index (κ3) is 3.50. The van der Waals surface area contributed by atoms with Crippen molar-refractivity contribution in [2.45, 2.75) is 31.8 Å². The van der Waals surface area contributed by atoms with Gasteiger partial charge in [0.2, 0.25) is 0 Å². The highest BCUT2D eigenvalue weighted by molar-refractivity contribution is 5.31. The second-order valence-corrected chi connectivity index (χ2v) is 5.37. The Bertz CT molecular complexity index is 541. The van der Waals surface area contributed by atoms with E-state index in [4.69, 9.17) is 0 Å². The van der Waals surface area contributed by atoms with E-state index in [1.54, 1.807) is 6.20 Å². The zero-order chi connectivity index (χ0) is 15.3. The lowest BCUT2D eigenvalue weighted by Gasteiger charge is -2.33. The number of aliphatic hydroxyl groups is 2. The van der Waals surface area contributed by atoms with Crippen LogP contribution in [-0.4, -0.2) is 38.7 Å². The maximum Gasteiger partial charge on any atom is 0.0650 e. The van der Waals surface area contributed by atoms with Crippen molar-refractivity contribution in [3.05, 3.63) is 48.3 Å². The van der Waals surface area contributed by atoms with Crippen LogP contribution in [0.1, 0.15) is 31.9 Å². The van der Waals surface area contributed by atoms with Crippen LogP contribution < -0.4 is 5.32 Å². The van der Waals surface area contributed by atoms with Gasteiger partial charge in [0.1, 0.15) is 0 Å². The smallest absolute Gasteiger partial charge is 0.0650 e. The van der Waals surface area contributed by atoms with Gasteiger partial charge in [-0.2, -0.15) is 5.10 Å². The lowest BCUT2D eigenvalue weighted by Crippen LogP contribution is -2.52. The molecule has 0 amide bonds. The summed E-state index contributed by atoms with van der Waals surface area (Å²) in [6.07, 6.45) is 4.42. The summed E-state index contributed by atoms with van der Waals surface area (Å²) in [5.41, 5.74) is 1.36. The van der Waals surface area contributed by atoms with Crippen LogP contribution in [0.15, 0.2) is 42.7 Å². The fraction of sp³-hybridized carbons (Fsp3) is 0.438. The Labute approximate surface area is 125 Å². The van der Waals surface area contributed by atoms with Crippen LogP contribution in [0.2, 0.25) is 0 Å². The van der Waals surface area contributed by atoms with Gasteiger partial charge < -0.3 is 15.5 Å². The summed E-state index contributed by atoms with van der Waals surface area (Å²) in [5.74, 6) is 0. The number of aromatic nitrogens is 2. The fourth-order valence-electron chi connectivity index (χ4n) is 2.29. The minimum Gasteiger partial charge on any atom is -0.394 e. The van der Waals surface area contributed by atoms with Crippen molar-refractivity contribution in [3.8, 4) is 5.69 Å². The van der Waals surface area contributed by atoms with Gasteiger partial charge in [-0.15, -0.1) is 0 Å². The molecule has 0 aliphatic rings. The fourth-order valence-corrected chi connectivity index (χ4v) is 2.29. The van der Waals surface area contributed by atoms with E-state index >= 15 is 0 Å². The Balaban J connectivity index is 2.14. The first kappa shape index (κ1) is 15.7. The van der Waals surface area contributed by atoms with E-state index in [0.29, 0.717) is 6.42 Å². The van der Waals surface area contributed by atoms with Crippen molar-refractivity contribution < 1.29 is 10.2 Å². The molecule has 0 aliphatic carbocycles. The minimum absolute atomic E-state index is 0.0123. The Morgan fingerprint density at radius 2 is 1.90 bits per heavy atom. The Morgan fingerprint density at radius 1 is 1.24 bits per heavy atom. The van der Waals surface area contributed by atoms with Crippen LogP contribution >= 0.6 is 0 Å². The minimum atomic E-state index is -0.658. The molecule has 114 valence electrons. The molecule has 1 aromatic heterocycles. The maximum absolute atomic E-state index is 9.51. The van der Waals surface area contributed by atoms with Crippen molar-refractivity contribution >= 4 is 0 Å². The monoisotopic (exact) mass is 289 g/mol. The SMILES string of the molecule is CCC(CO)(CO)NC(C)c1cnn(-c2ccccc2)c1. The van der Waals surface area contributed by atoms with Gasteiger partial charge in [0.05, 0.1) is 30.6 Å². The lowest BCUT2D eigenvalue weighted by atomic mass is 9.96. The molecule has 21 heavy (non-hydrogen) atoms. The zero-order valence-corrected chi connectivity index (χ0v) is 12.5. The summed E-state index contributed by atoms with van der Waals surface area (Å²) in [6.45, 7) is 3.75. The number of rotatable bonds is 7. The van der Waals surface area contributed by atoms with Crippen molar-refractivity contribution in [2.75, 3.05) is 13.2 Å². The van der Waals surface area contributed by atoms with Crippen LogP contribution in [0.5, 0.6) is 0 Å². The van der Waals surface area contributed by atoms with Gasteiger partial charge in [-0.25, -0.2) is 4.68 Å². The molecule has 0 radical (unpaired) electrons. The maximum atomic E-state index is 9.51. The molecule has 0 bridgehead atoms. The number of benzene rings is 1. The normalized spacial score (nSPS) is 13.3. The van der Waals surface area contributed by atoms with Crippen molar-refractivity contribution in [1.29, 1.82) is 0 Å². The van der Waals surface area contributed by atoms with Crippen LogP contribution in [0.3, 0.4) is 0 Å². The molecule has 3 N–H and O–H groups in total. The summed E-state index contributed by atoms with van der Waals surface area (Å²) in [7, 11) is 0. The molecule has 0 saturated heterocycles. The van der Waals surface area contributed by atoms with E-state index < -0.39 is 5.54 Å². The highest BCUT2D eigenvalue weighted by Gasteiger charge is 2.28. The quantitative estimate of drug-likeness (QED) is 0.725. The molecule has 1 aromatic carbocycles. The summed E-state index contributed by atoms with van der Waals surface area (Å²) in [5, 5.41) is 26.7. The molecule has 5 nitrogen and oxygen atoms in total. The van der Waals surface area contributed by atoms with Gasteiger partial charge in [-0.3, -0.25) is 0 Å². The van der Waals surface area contributed by atoms with E-state index in [9.17, 15) is 10.2 Å². The molecular formula is C16H23N3O2. The van der Waals surface area contributed by atoms with Crippen molar-refractivity contribution in [1.82, 2.24) is 15.1 Å². The van der Waals surface area contributed by atoms with Gasteiger partial charge in [-0.1, -0.05) is 25.1 Å². The standard InChI is InChI=1S/C16H23N3O2/c1-3-16(11-20,12-21)18-13(2)14-9-17-19(10-14)15-7-5-4-6-8-15/h4-10,13,18,20-21H,3,11-12H2,1-2H3. The molecule has 1 unspecified atom stereocenters. The molecule has 2 rings (SSSR count).